The van der Waals surface area contributed by atoms with Gasteiger partial charge in [-0.2, -0.15) is 0 Å². The van der Waals surface area contributed by atoms with Gasteiger partial charge in [-0.05, 0) is 51.0 Å². The molecule has 1 amide bonds. The third kappa shape index (κ3) is 2.76. The van der Waals surface area contributed by atoms with Gasteiger partial charge in [0.25, 0.3) is 0 Å². The molecule has 0 radical (unpaired) electrons. The molecular weight excluding hydrogens is 200 g/mol. The van der Waals surface area contributed by atoms with E-state index in [4.69, 9.17) is 0 Å². The highest BCUT2D eigenvalue weighted by Gasteiger charge is 2.41. The summed E-state index contributed by atoms with van der Waals surface area (Å²) in [5.74, 6) is 0.525. The molecule has 2 rings (SSSR count). The van der Waals surface area contributed by atoms with Crippen LogP contribution < -0.4 is 10.6 Å². The molecule has 2 atom stereocenters. The highest BCUT2D eigenvalue weighted by atomic mass is 16.1. The average Bonchev–Trinajstić information content (AvgIpc) is 3.07. The Bertz CT molecular complexity index is 261. The highest BCUT2D eigenvalue weighted by Crippen LogP contribution is 2.47. The summed E-state index contributed by atoms with van der Waals surface area (Å²) < 4.78 is 0. The van der Waals surface area contributed by atoms with E-state index in [0.717, 1.165) is 25.9 Å². The third-order valence-electron chi connectivity index (χ3n) is 4.34. The van der Waals surface area contributed by atoms with Crippen molar-refractivity contribution in [3.05, 3.63) is 0 Å². The van der Waals surface area contributed by atoms with E-state index < -0.39 is 0 Å². The SMILES string of the molecule is CCC1(CNC(=O)[C@H]2CCN[C@@H](C)C2)CC1. The summed E-state index contributed by atoms with van der Waals surface area (Å²) in [6.45, 7) is 6.28. The fourth-order valence-corrected chi connectivity index (χ4v) is 2.62. The van der Waals surface area contributed by atoms with Crippen molar-refractivity contribution in [3.63, 3.8) is 0 Å². The van der Waals surface area contributed by atoms with Crippen LogP contribution in [0.2, 0.25) is 0 Å². The number of carbonyl (C=O) groups is 1. The van der Waals surface area contributed by atoms with Gasteiger partial charge in [-0.25, -0.2) is 0 Å². The minimum absolute atomic E-state index is 0.240. The van der Waals surface area contributed by atoms with Crippen molar-refractivity contribution in [1.29, 1.82) is 0 Å². The topological polar surface area (TPSA) is 41.1 Å². The first-order chi connectivity index (χ1) is 7.65. The number of amides is 1. The maximum atomic E-state index is 12.0. The molecule has 92 valence electrons. The van der Waals surface area contributed by atoms with Gasteiger partial charge >= 0.3 is 0 Å². The number of hydrogen-bond donors (Lipinski definition) is 2. The van der Waals surface area contributed by atoms with E-state index in [9.17, 15) is 4.79 Å². The molecule has 2 N–H and O–H groups in total. The van der Waals surface area contributed by atoms with Gasteiger partial charge in [0.15, 0.2) is 0 Å². The van der Waals surface area contributed by atoms with Gasteiger partial charge in [0.05, 0.1) is 0 Å². The Kier molecular flexibility index (Phi) is 3.53. The summed E-state index contributed by atoms with van der Waals surface area (Å²) in [7, 11) is 0. The standard InChI is InChI=1S/C13H24N2O/c1-3-13(5-6-13)9-15-12(16)11-4-7-14-10(2)8-11/h10-11,14H,3-9H2,1-2H3,(H,15,16)/t10-,11-/m0/s1. The minimum atomic E-state index is 0.240. The summed E-state index contributed by atoms with van der Waals surface area (Å²) in [5.41, 5.74) is 0.466. The molecule has 1 aliphatic heterocycles. The molecule has 16 heavy (non-hydrogen) atoms. The van der Waals surface area contributed by atoms with Crippen LogP contribution in [0.3, 0.4) is 0 Å². The molecular formula is C13H24N2O. The molecule has 3 heteroatoms. The Morgan fingerprint density at radius 1 is 1.50 bits per heavy atom. The monoisotopic (exact) mass is 224 g/mol. The predicted molar refractivity (Wildman–Crippen MR) is 65.2 cm³/mol. The van der Waals surface area contributed by atoms with Gasteiger partial charge in [-0.3, -0.25) is 4.79 Å². The highest BCUT2D eigenvalue weighted by molar-refractivity contribution is 5.78. The van der Waals surface area contributed by atoms with Crippen LogP contribution in [0.4, 0.5) is 0 Å². The van der Waals surface area contributed by atoms with Crippen molar-refractivity contribution in [1.82, 2.24) is 10.6 Å². The molecule has 1 aliphatic carbocycles. The number of carbonyl (C=O) groups excluding carboxylic acids is 1. The largest absolute Gasteiger partial charge is 0.355 e. The van der Waals surface area contributed by atoms with Gasteiger partial charge < -0.3 is 10.6 Å². The van der Waals surface area contributed by atoms with Gasteiger partial charge in [0.1, 0.15) is 0 Å². The maximum absolute atomic E-state index is 12.0. The third-order valence-corrected chi connectivity index (χ3v) is 4.34. The first-order valence-electron chi connectivity index (χ1n) is 6.66. The van der Waals surface area contributed by atoms with Crippen molar-refractivity contribution in [2.45, 2.75) is 52.0 Å². The second kappa shape index (κ2) is 4.74. The van der Waals surface area contributed by atoms with E-state index in [1.165, 1.54) is 19.3 Å². The van der Waals surface area contributed by atoms with E-state index >= 15 is 0 Å². The van der Waals surface area contributed by atoms with E-state index in [-0.39, 0.29) is 11.8 Å². The molecule has 1 heterocycles. The van der Waals surface area contributed by atoms with Gasteiger partial charge in [-0.15, -0.1) is 0 Å². The van der Waals surface area contributed by atoms with Crippen molar-refractivity contribution < 1.29 is 4.79 Å². The van der Waals surface area contributed by atoms with Crippen LogP contribution in [0.5, 0.6) is 0 Å². The summed E-state index contributed by atoms with van der Waals surface area (Å²) >= 11 is 0. The number of piperidine rings is 1. The summed E-state index contributed by atoms with van der Waals surface area (Å²) in [4.78, 5) is 12.0. The van der Waals surface area contributed by atoms with Crippen LogP contribution in [0.15, 0.2) is 0 Å². The van der Waals surface area contributed by atoms with Crippen LogP contribution >= 0.6 is 0 Å². The zero-order chi connectivity index (χ0) is 11.6. The Labute approximate surface area is 98.4 Å². The molecule has 0 spiro atoms. The molecule has 2 fully saturated rings. The fraction of sp³-hybridized carbons (Fsp3) is 0.923. The summed E-state index contributed by atoms with van der Waals surface area (Å²) in [6, 6.07) is 0.491. The molecule has 2 aliphatic rings. The lowest BCUT2D eigenvalue weighted by Gasteiger charge is -2.27. The van der Waals surface area contributed by atoms with Gasteiger partial charge in [0.2, 0.25) is 5.91 Å². The maximum Gasteiger partial charge on any atom is 0.223 e. The van der Waals surface area contributed by atoms with Crippen molar-refractivity contribution >= 4 is 5.91 Å². The van der Waals surface area contributed by atoms with Crippen LogP contribution in [0.25, 0.3) is 0 Å². The first kappa shape index (κ1) is 11.9. The number of nitrogens with one attached hydrogen (secondary N) is 2. The van der Waals surface area contributed by atoms with E-state index in [1.807, 2.05) is 0 Å². The summed E-state index contributed by atoms with van der Waals surface area (Å²) in [6.07, 6.45) is 5.79. The zero-order valence-corrected chi connectivity index (χ0v) is 10.5. The predicted octanol–water partition coefficient (Wildman–Crippen LogP) is 1.68. The lowest BCUT2D eigenvalue weighted by atomic mass is 9.92. The van der Waals surface area contributed by atoms with Gasteiger partial charge in [-0.1, -0.05) is 6.92 Å². The second-order valence-electron chi connectivity index (χ2n) is 5.65. The van der Waals surface area contributed by atoms with Crippen molar-refractivity contribution in [3.8, 4) is 0 Å². The Morgan fingerprint density at radius 3 is 2.81 bits per heavy atom. The quantitative estimate of drug-likeness (QED) is 0.763. The van der Waals surface area contributed by atoms with Crippen molar-refractivity contribution in [2.75, 3.05) is 13.1 Å². The lowest BCUT2D eigenvalue weighted by Crippen LogP contribution is -2.43. The molecule has 1 saturated heterocycles. The van der Waals surface area contributed by atoms with Crippen molar-refractivity contribution in [2.24, 2.45) is 11.3 Å². The molecule has 0 unspecified atom stereocenters. The van der Waals surface area contributed by atoms with Gasteiger partial charge in [0, 0.05) is 18.5 Å². The second-order valence-corrected chi connectivity index (χ2v) is 5.65. The smallest absolute Gasteiger partial charge is 0.223 e. The van der Waals surface area contributed by atoms with Crippen LogP contribution in [0, 0.1) is 11.3 Å². The average molecular weight is 224 g/mol. The Morgan fingerprint density at radius 2 is 2.25 bits per heavy atom. The normalized spacial score (nSPS) is 32.1. The number of hydrogen-bond acceptors (Lipinski definition) is 2. The van der Waals surface area contributed by atoms with Crippen LogP contribution in [0.1, 0.15) is 46.0 Å². The minimum Gasteiger partial charge on any atom is -0.355 e. The zero-order valence-electron chi connectivity index (χ0n) is 10.5. The van der Waals surface area contributed by atoms with Crippen LogP contribution in [-0.4, -0.2) is 25.0 Å². The van der Waals surface area contributed by atoms with E-state index in [2.05, 4.69) is 24.5 Å². The Balaban J connectivity index is 1.75. The lowest BCUT2D eigenvalue weighted by molar-refractivity contribution is -0.126. The molecule has 0 bridgehead atoms. The fourth-order valence-electron chi connectivity index (χ4n) is 2.62. The molecule has 0 aromatic heterocycles. The Hall–Kier alpha value is -0.570. The molecule has 0 aromatic carbocycles. The number of rotatable bonds is 4. The molecule has 3 nitrogen and oxygen atoms in total. The summed E-state index contributed by atoms with van der Waals surface area (Å²) in [5, 5.41) is 6.54. The van der Waals surface area contributed by atoms with E-state index in [1.54, 1.807) is 0 Å². The van der Waals surface area contributed by atoms with Crippen LogP contribution in [-0.2, 0) is 4.79 Å². The van der Waals surface area contributed by atoms with E-state index in [0.29, 0.717) is 11.5 Å². The molecule has 1 saturated carbocycles. The molecule has 0 aromatic rings. The first-order valence-corrected chi connectivity index (χ1v) is 6.66.